The highest BCUT2D eigenvalue weighted by molar-refractivity contribution is 7.92. The van der Waals surface area contributed by atoms with E-state index in [2.05, 4.69) is 15.4 Å². The monoisotopic (exact) mass is 379 g/mol. The van der Waals surface area contributed by atoms with Gasteiger partial charge in [0.15, 0.2) is 5.76 Å². The summed E-state index contributed by atoms with van der Waals surface area (Å²) in [5.74, 6) is -0.889. The van der Waals surface area contributed by atoms with Gasteiger partial charge >= 0.3 is 0 Å². The molecule has 1 atom stereocenters. The Bertz CT molecular complexity index is 858. The maximum atomic E-state index is 12.5. The van der Waals surface area contributed by atoms with E-state index in [0.717, 1.165) is 6.26 Å². The second kappa shape index (κ2) is 8.05. The van der Waals surface area contributed by atoms with Gasteiger partial charge in [0.2, 0.25) is 15.9 Å². The molecular weight excluding hydrogens is 358 g/mol. The van der Waals surface area contributed by atoms with E-state index >= 15 is 0 Å². The van der Waals surface area contributed by atoms with Crippen LogP contribution in [0, 0.1) is 5.92 Å². The van der Waals surface area contributed by atoms with Gasteiger partial charge in [-0.25, -0.2) is 8.42 Å². The summed E-state index contributed by atoms with van der Waals surface area (Å²) in [7, 11) is -3.37. The first-order valence-electron chi connectivity index (χ1n) is 7.89. The Morgan fingerprint density at radius 3 is 2.15 bits per heavy atom. The third-order valence-electron chi connectivity index (χ3n) is 3.44. The van der Waals surface area contributed by atoms with Gasteiger partial charge < -0.3 is 15.1 Å². The van der Waals surface area contributed by atoms with Crippen LogP contribution in [0.25, 0.3) is 0 Å². The van der Waals surface area contributed by atoms with Crippen LogP contribution < -0.4 is 15.4 Å². The van der Waals surface area contributed by atoms with Gasteiger partial charge in [0, 0.05) is 11.4 Å². The predicted octanol–water partition coefficient (Wildman–Crippen LogP) is 2.04. The fraction of sp³-hybridized carbons (Fsp3) is 0.294. The Morgan fingerprint density at radius 2 is 1.65 bits per heavy atom. The molecule has 140 valence electrons. The van der Waals surface area contributed by atoms with Crippen LogP contribution in [0.4, 0.5) is 11.4 Å². The Kier molecular flexibility index (Phi) is 6.04. The number of rotatable bonds is 7. The minimum atomic E-state index is -3.37. The zero-order valence-corrected chi connectivity index (χ0v) is 15.5. The summed E-state index contributed by atoms with van der Waals surface area (Å²) in [6.45, 7) is 3.62. The molecule has 0 radical (unpaired) electrons. The number of anilines is 2. The summed E-state index contributed by atoms with van der Waals surface area (Å²) in [5.41, 5.74) is 0.865. The highest BCUT2D eigenvalue weighted by Crippen LogP contribution is 2.16. The van der Waals surface area contributed by atoms with Crippen molar-refractivity contribution in [3.8, 4) is 0 Å². The molecule has 0 spiro atoms. The van der Waals surface area contributed by atoms with Crippen LogP contribution in [-0.2, 0) is 14.8 Å². The first-order chi connectivity index (χ1) is 12.2. The summed E-state index contributed by atoms with van der Waals surface area (Å²) in [6, 6.07) is 8.53. The number of hydrogen-bond acceptors (Lipinski definition) is 5. The maximum Gasteiger partial charge on any atom is 0.287 e. The van der Waals surface area contributed by atoms with Gasteiger partial charge in [0.1, 0.15) is 6.04 Å². The van der Waals surface area contributed by atoms with Crippen LogP contribution in [0.3, 0.4) is 0 Å². The molecule has 0 aliphatic carbocycles. The van der Waals surface area contributed by atoms with Crippen LogP contribution in [0.2, 0.25) is 0 Å². The fourth-order valence-electron chi connectivity index (χ4n) is 2.21. The van der Waals surface area contributed by atoms with E-state index in [4.69, 9.17) is 4.42 Å². The number of amides is 2. The lowest BCUT2D eigenvalue weighted by molar-refractivity contribution is -0.118. The third kappa shape index (κ3) is 5.62. The van der Waals surface area contributed by atoms with Crippen molar-refractivity contribution in [1.29, 1.82) is 0 Å². The first-order valence-corrected chi connectivity index (χ1v) is 9.78. The topological polar surface area (TPSA) is 118 Å². The zero-order valence-electron chi connectivity index (χ0n) is 14.6. The largest absolute Gasteiger partial charge is 0.459 e. The van der Waals surface area contributed by atoms with Gasteiger partial charge in [-0.2, -0.15) is 0 Å². The summed E-state index contributed by atoms with van der Waals surface area (Å²) in [5, 5.41) is 5.35. The molecule has 0 saturated carbocycles. The molecule has 2 aromatic rings. The predicted molar refractivity (Wildman–Crippen MR) is 98.3 cm³/mol. The van der Waals surface area contributed by atoms with Crippen LogP contribution >= 0.6 is 0 Å². The lowest BCUT2D eigenvalue weighted by atomic mass is 10.0. The van der Waals surface area contributed by atoms with Crippen molar-refractivity contribution in [1.82, 2.24) is 5.32 Å². The smallest absolute Gasteiger partial charge is 0.287 e. The second-order valence-electron chi connectivity index (χ2n) is 6.11. The fourth-order valence-corrected chi connectivity index (χ4v) is 2.78. The van der Waals surface area contributed by atoms with E-state index in [0.29, 0.717) is 11.4 Å². The number of benzene rings is 1. The average Bonchev–Trinajstić information content (AvgIpc) is 3.07. The van der Waals surface area contributed by atoms with Crippen LogP contribution in [0.5, 0.6) is 0 Å². The molecule has 0 aliphatic rings. The standard InChI is InChI=1S/C17H21N3O5S/c1-11(2)15(19-16(21)14-5-4-10-25-14)17(22)18-12-6-8-13(9-7-12)20-26(3,23)24/h4-11,15,20H,1-3H3,(H,18,22)(H,19,21). The van der Waals surface area contributed by atoms with Crippen LogP contribution in [-0.4, -0.2) is 32.5 Å². The molecule has 3 N–H and O–H groups in total. The Hall–Kier alpha value is -2.81. The van der Waals surface area contributed by atoms with Crippen molar-refractivity contribution >= 4 is 33.2 Å². The number of carbonyl (C=O) groups excluding carboxylic acids is 2. The van der Waals surface area contributed by atoms with Crippen molar-refractivity contribution in [2.75, 3.05) is 16.3 Å². The van der Waals surface area contributed by atoms with Crippen molar-refractivity contribution < 1.29 is 22.4 Å². The first kappa shape index (κ1) is 19.5. The molecule has 26 heavy (non-hydrogen) atoms. The normalized spacial score (nSPS) is 12.5. The number of hydrogen-bond donors (Lipinski definition) is 3. The van der Waals surface area contributed by atoms with E-state index in [9.17, 15) is 18.0 Å². The number of furan rings is 1. The average molecular weight is 379 g/mol. The lowest BCUT2D eigenvalue weighted by Gasteiger charge is -2.21. The van der Waals surface area contributed by atoms with E-state index in [-0.39, 0.29) is 17.6 Å². The summed E-state index contributed by atoms with van der Waals surface area (Å²) >= 11 is 0. The van der Waals surface area contributed by atoms with E-state index in [1.54, 1.807) is 18.2 Å². The van der Waals surface area contributed by atoms with E-state index < -0.39 is 22.0 Å². The van der Waals surface area contributed by atoms with Crippen LogP contribution in [0.15, 0.2) is 47.1 Å². The van der Waals surface area contributed by atoms with Gasteiger partial charge in [0.25, 0.3) is 5.91 Å². The second-order valence-corrected chi connectivity index (χ2v) is 7.86. The van der Waals surface area contributed by atoms with Crippen molar-refractivity contribution in [3.63, 3.8) is 0 Å². The van der Waals surface area contributed by atoms with Gasteiger partial charge in [-0.15, -0.1) is 0 Å². The summed E-state index contributed by atoms with van der Waals surface area (Å²) in [4.78, 5) is 24.6. The SMILES string of the molecule is CC(C)C(NC(=O)c1ccco1)C(=O)Nc1ccc(NS(C)(=O)=O)cc1. The minimum Gasteiger partial charge on any atom is -0.459 e. The number of carbonyl (C=O) groups is 2. The molecule has 0 fully saturated rings. The van der Waals surface area contributed by atoms with Crippen molar-refractivity contribution in [2.24, 2.45) is 5.92 Å². The molecule has 1 aromatic heterocycles. The molecule has 2 rings (SSSR count). The Morgan fingerprint density at radius 1 is 1.04 bits per heavy atom. The Balaban J connectivity index is 2.04. The highest BCUT2D eigenvalue weighted by Gasteiger charge is 2.25. The molecule has 0 bridgehead atoms. The lowest BCUT2D eigenvalue weighted by Crippen LogP contribution is -2.47. The molecule has 9 heteroatoms. The molecule has 0 aliphatic heterocycles. The molecule has 1 aromatic carbocycles. The van der Waals surface area contributed by atoms with Crippen molar-refractivity contribution in [2.45, 2.75) is 19.9 Å². The number of nitrogens with one attached hydrogen (secondary N) is 3. The third-order valence-corrected chi connectivity index (χ3v) is 4.04. The van der Waals surface area contributed by atoms with Gasteiger partial charge in [-0.05, 0) is 42.3 Å². The van der Waals surface area contributed by atoms with Gasteiger partial charge in [-0.1, -0.05) is 13.8 Å². The molecule has 2 amide bonds. The molecule has 0 saturated heterocycles. The number of sulfonamides is 1. The van der Waals surface area contributed by atoms with E-state index in [1.807, 2.05) is 13.8 Å². The quantitative estimate of drug-likeness (QED) is 0.680. The van der Waals surface area contributed by atoms with Crippen LogP contribution in [0.1, 0.15) is 24.4 Å². The molecule has 8 nitrogen and oxygen atoms in total. The van der Waals surface area contributed by atoms with E-state index in [1.165, 1.54) is 24.5 Å². The molecule has 1 unspecified atom stereocenters. The summed E-state index contributed by atoms with van der Waals surface area (Å²) < 4.78 is 29.8. The Labute approximate surface area is 152 Å². The highest BCUT2D eigenvalue weighted by atomic mass is 32.2. The maximum absolute atomic E-state index is 12.5. The minimum absolute atomic E-state index is 0.125. The summed E-state index contributed by atoms with van der Waals surface area (Å²) in [6.07, 6.45) is 2.43. The van der Waals surface area contributed by atoms with Gasteiger partial charge in [-0.3, -0.25) is 14.3 Å². The zero-order chi connectivity index (χ0) is 19.3. The van der Waals surface area contributed by atoms with Crippen molar-refractivity contribution in [3.05, 3.63) is 48.4 Å². The van der Waals surface area contributed by atoms with Gasteiger partial charge in [0.05, 0.1) is 12.5 Å². The molecular formula is C17H21N3O5S. The molecule has 1 heterocycles.